The van der Waals surface area contributed by atoms with Crippen molar-refractivity contribution in [1.82, 2.24) is 10.2 Å². The first-order valence-corrected chi connectivity index (χ1v) is 7.80. The first-order chi connectivity index (χ1) is 9.84. The van der Waals surface area contributed by atoms with Crippen LogP contribution in [-0.4, -0.2) is 30.4 Å². The minimum absolute atomic E-state index is 0.150. The average molecular weight is 286 g/mol. The van der Waals surface area contributed by atoms with Gasteiger partial charge in [0.1, 0.15) is 0 Å². The number of carbonyl (C=O) groups is 1. The fourth-order valence-electron chi connectivity index (χ4n) is 2.64. The van der Waals surface area contributed by atoms with Crippen LogP contribution in [0.5, 0.6) is 0 Å². The standard InChI is InChI=1S/C16H18N2OS/c19-16(11-14-7-4-10-20-14)18-9-8-17-12-15(18)13-5-2-1-3-6-13/h1-7,10,15,17H,8-9,11-12H2. The predicted molar refractivity (Wildman–Crippen MR) is 81.8 cm³/mol. The summed E-state index contributed by atoms with van der Waals surface area (Å²) in [5.74, 6) is 0.225. The van der Waals surface area contributed by atoms with Gasteiger partial charge in [-0.1, -0.05) is 36.4 Å². The molecule has 3 nitrogen and oxygen atoms in total. The maximum atomic E-state index is 12.6. The molecule has 20 heavy (non-hydrogen) atoms. The summed E-state index contributed by atoms with van der Waals surface area (Å²) < 4.78 is 0. The average Bonchev–Trinajstić information content (AvgIpc) is 3.01. The van der Waals surface area contributed by atoms with E-state index < -0.39 is 0 Å². The molecule has 0 radical (unpaired) electrons. The third kappa shape index (κ3) is 2.92. The Morgan fingerprint density at radius 1 is 1.25 bits per heavy atom. The van der Waals surface area contributed by atoms with Gasteiger partial charge in [0, 0.05) is 24.5 Å². The lowest BCUT2D eigenvalue weighted by molar-refractivity contribution is -0.133. The molecule has 1 N–H and O–H groups in total. The highest BCUT2D eigenvalue weighted by Crippen LogP contribution is 2.23. The number of hydrogen-bond acceptors (Lipinski definition) is 3. The molecule has 1 aliphatic heterocycles. The first kappa shape index (κ1) is 13.3. The first-order valence-electron chi connectivity index (χ1n) is 6.92. The molecule has 1 aromatic heterocycles. The minimum Gasteiger partial charge on any atom is -0.333 e. The van der Waals surface area contributed by atoms with E-state index in [0.29, 0.717) is 6.42 Å². The molecule has 1 aliphatic rings. The second kappa shape index (κ2) is 6.20. The molecule has 4 heteroatoms. The van der Waals surface area contributed by atoms with E-state index in [1.54, 1.807) is 11.3 Å². The molecule has 104 valence electrons. The molecule has 1 atom stereocenters. The van der Waals surface area contributed by atoms with Gasteiger partial charge >= 0.3 is 0 Å². The van der Waals surface area contributed by atoms with Gasteiger partial charge < -0.3 is 10.2 Å². The lowest BCUT2D eigenvalue weighted by atomic mass is 10.0. The number of carbonyl (C=O) groups excluding carboxylic acids is 1. The Labute approximate surface area is 123 Å². The van der Waals surface area contributed by atoms with Crippen molar-refractivity contribution in [3.63, 3.8) is 0 Å². The Bertz CT molecular complexity index is 553. The number of nitrogens with zero attached hydrogens (tertiary/aromatic N) is 1. The van der Waals surface area contributed by atoms with Crippen molar-refractivity contribution in [3.8, 4) is 0 Å². The van der Waals surface area contributed by atoms with E-state index in [1.807, 2.05) is 40.6 Å². The van der Waals surface area contributed by atoms with Gasteiger partial charge in [-0.2, -0.15) is 0 Å². The molecule has 1 aromatic carbocycles. The third-order valence-electron chi connectivity index (χ3n) is 3.65. The van der Waals surface area contributed by atoms with Crippen LogP contribution in [0.25, 0.3) is 0 Å². The zero-order valence-corrected chi connectivity index (χ0v) is 12.1. The Balaban J connectivity index is 1.77. The quantitative estimate of drug-likeness (QED) is 0.940. The molecule has 1 fully saturated rings. The second-order valence-electron chi connectivity index (χ2n) is 4.97. The normalized spacial score (nSPS) is 19.0. The smallest absolute Gasteiger partial charge is 0.228 e. The molecular weight excluding hydrogens is 268 g/mol. The molecule has 0 aliphatic carbocycles. The fraction of sp³-hybridized carbons (Fsp3) is 0.312. The summed E-state index contributed by atoms with van der Waals surface area (Å²) in [6.07, 6.45) is 0.515. The fourth-order valence-corrected chi connectivity index (χ4v) is 3.34. The Morgan fingerprint density at radius 3 is 2.85 bits per heavy atom. The topological polar surface area (TPSA) is 32.3 Å². The largest absolute Gasteiger partial charge is 0.333 e. The van der Waals surface area contributed by atoms with Crippen LogP contribution in [-0.2, 0) is 11.2 Å². The highest BCUT2D eigenvalue weighted by Gasteiger charge is 2.27. The lowest BCUT2D eigenvalue weighted by Crippen LogP contribution is -2.49. The predicted octanol–water partition coefficient (Wildman–Crippen LogP) is 2.46. The maximum Gasteiger partial charge on any atom is 0.228 e. The molecule has 2 aromatic rings. The number of piperazine rings is 1. The molecule has 3 rings (SSSR count). The summed E-state index contributed by atoms with van der Waals surface area (Å²) >= 11 is 1.65. The minimum atomic E-state index is 0.150. The lowest BCUT2D eigenvalue weighted by Gasteiger charge is -2.36. The van der Waals surface area contributed by atoms with Crippen LogP contribution in [0.1, 0.15) is 16.5 Å². The van der Waals surface area contributed by atoms with Crippen LogP contribution in [0.4, 0.5) is 0 Å². The van der Waals surface area contributed by atoms with Crippen LogP contribution in [0.2, 0.25) is 0 Å². The Morgan fingerprint density at radius 2 is 2.10 bits per heavy atom. The zero-order valence-electron chi connectivity index (χ0n) is 11.3. The number of thiophene rings is 1. The molecule has 0 saturated carbocycles. The van der Waals surface area contributed by atoms with Gasteiger partial charge in [-0.25, -0.2) is 0 Å². The summed E-state index contributed by atoms with van der Waals surface area (Å²) in [5.41, 5.74) is 1.21. The molecule has 2 heterocycles. The highest BCUT2D eigenvalue weighted by atomic mass is 32.1. The molecule has 0 bridgehead atoms. The van der Waals surface area contributed by atoms with Gasteiger partial charge in [0.25, 0.3) is 0 Å². The zero-order chi connectivity index (χ0) is 13.8. The van der Waals surface area contributed by atoms with Gasteiger partial charge in [0.2, 0.25) is 5.91 Å². The van der Waals surface area contributed by atoms with Crippen molar-refractivity contribution in [1.29, 1.82) is 0 Å². The molecule has 1 saturated heterocycles. The van der Waals surface area contributed by atoms with Gasteiger partial charge in [-0.3, -0.25) is 4.79 Å². The van der Waals surface area contributed by atoms with Crippen molar-refractivity contribution in [3.05, 3.63) is 58.3 Å². The summed E-state index contributed by atoms with van der Waals surface area (Å²) in [5, 5.41) is 5.41. The summed E-state index contributed by atoms with van der Waals surface area (Å²) in [4.78, 5) is 15.7. The van der Waals surface area contributed by atoms with Crippen molar-refractivity contribution in [2.75, 3.05) is 19.6 Å². The van der Waals surface area contributed by atoms with Gasteiger partial charge in [-0.05, 0) is 17.0 Å². The SMILES string of the molecule is O=C(Cc1cccs1)N1CCNCC1c1ccccc1. The van der Waals surface area contributed by atoms with E-state index in [0.717, 1.165) is 24.5 Å². The van der Waals surface area contributed by atoms with Crippen molar-refractivity contribution >= 4 is 17.2 Å². The van der Waals surface area contributed by atoms with Crippen molar-refractivity contribution < 1.29 is 4.79 Å². The number of hydrogen-bond donors (Lipinski definition) is 1. The van der Waals surface area contributed by atoms with E-state index >= 15 is 0 Å². The molecule has 1 unspecified atom stereocenters. The van der Waals surface area contributed by atoms with Crippen LogP contribution in [0.3, 0.4) is 0 Å². The van der Waals surface area contributed by atoms with E-state index in [2.05, 4.69) is 17.4 Å². The Kier molecular flexibility index (Phi) is 4.14. The summed E-state index contributed by atoms with van der Waals surface area (Å²) in [6.45, 7) is 2.49. The number of amides is 1. The van der Waals surface area contributed by atoms with Gasteiger partial charge in [0.15, 0.2) is 0 Å². The number of nitrogens with one attached hydrogen (secondary N) is 1. The number of benzene rings is 1. The number of rotatable bonds is 3. The van der Waals surface area contributed by atoms with Crippen LogP contribution < -0.4 is 5.32 Å². The molecular formula is C16H18N2OS. The monoisotopic (exact) mass is 286 g/mol. The molecule has 0 spiro atoms. The van der Waals surface area contributed by atoms with Crippen LogP contribution >= 0.6 is 11.3 Å². The summed E-state index contributed by atoms with van der Waals surface area (Å²) in [6, 6.07) is 14.5. The molecule has 1 amide bonds. The third-order valence-corrected chi connectivity index (χ3v) is 4.53. The summed E-state index contributed by atoms with van der Waals surface area (Å²) in [7, 11) is 0. The van der Waals surface area contributed by atoms with Gasteiger partial charge in [-0.15, -0.1) is 11.3 Å². The maximum absolute atomic E-state index is 12.6. The Hall–Kier alpha value is -1.65. The highest BCUT2D eigenvalue weighted by molar-refractivity contribution is 7.10. The van der Waals surface area contributed by atoms with Crippen molar-refractivity contribution in [2.45, 2.75) is 12.5 Å². The van der Waals surface area contributed by atoms with Crippen LogP contribution in [0.15, 0.2) is 47.8 Å². The van der Waals surface area contributed by atoms with E-state index in [9.17, 15) is 4.79 Å². The second-order valence-corrected chi connectivity index (χ2v) is 6.01. The van der Waals surface area contributed by atoms with E-state index in [4.69, 9.17) is 0 Å². The van der Waals surface area contributed by atoms with Crippen LogP contribution in [0, 0.1) is 0 Å². The van der Waals surface area contributed by atoms with Gasteiger partial charge in [0.05, 0.1) is 12.5 Å². The van der Waals surface area contributed by atoms with E-state index in [-0.39, 0.29) is 11.9 Å². The van der Waals surface area contributed by atoms with Crippen molar-refractivity contribution in [2.24, 2.45) is 0 Å². The van der Waals surface area contributed by atoms with E-state index in [1.165, 1.54) is 5.56 Å².